The van der Waals surface area contributed by atoms with Crippen molar-refractivity contribution in [2.45, 2.75) is 115 Å². The summed E-state index contributed by atoms with van der Waals surface area (Å²) in [6.07, 6.45) is 2.75. The molecule has 4 rings (SSSR count). The fraction of sp³-hybridized carbons (Fsp3) is 0.714. The minimum Gasteiger partial charge on any atom is -0.462 e. The lowest BCUT2D eigenvalue weighted by Crippen LogP contribution is -2.67. The van der Waals surface area contributed by atoms with Crippen molar-refractivity contribution in [3.05, 3.63) is 23.8 Å². The second-order valence-corrected chi connectivity index (χ2v) is 11.5. The summed E-state index contributed by atoms with van der Waals surface area (Å²) in [6.45, 7) is 11.1. The van der Waals surface area contributed by atoms with Crippen LogP contribution in [0.25, 0.3) is 0 Å². The smallest absolute Gasteiger partial charge is 0.342 e. The molecule has 0 saturated carbocycles. The highest BCUT2D eigenvalue weighted by Crippen LogP contribution is 2.65. The van der Waals surface area contributed by atoms with E-state index in [1.54, 1.807) is 32.1 Å². The van der Waals surface area contributed by atoms with Gasteiger partial charge in [-0.2, -0.15) is 0 Å². The Hall–Kier alpha value is -2.72. The molecule has 0 amide bonds. The van der Waals surface area contributed by atoms with Crippen LogP contribution in [0.3, 0.4) is 0 Å². The van der Waals surface area contributed by atoms with E-state index in [0.717, 1.165) is 5.57 Å². The maximum absolute atomic E-state index is 13.0. The third-order valence-corrected chi connectivity index (χ3v) is 8.60. The summed E-state index contributed by atoms with van der Waals surface area (Å²) < 4.78 is 29.4. The van der Waals surface area contributed by atoms with Crippen molar-refractivity contribution in [2.75, 3.05) is 0 Å². The van der Waals surface area contributed by atoms with E-state index in [1.165, 1.54) is 20.8 Å². The van der Waals surface area contributed by atoms with Crippen LogP contribution in [0.1, 0.15) is 74.1 Å². The summed E-state index contributed by atoms with van der Waals surface area (Å²) in [4.78, 5) is 50.3. The summed E-state index contributed by atoms with van der Waals surface area (Å²) >= 11 is 0. The fourth-order valence-electron chi connectivity index (χ4n) is 6.69. The molecule has 2 aliphatic carbocycles. The Morgan fingerprint density at radius 2 is 1.76 bits per heavy atom. The molecule has 0 aromatic heterocycles. The first-order chi connectivity index (χ1) is 17.6. The molecule has 2 fully saturated rings. The number of carbonyl (C=O) groups is 4. The minimum absolute atomic E-state index is 0.158. The normalized spacial score (nSPS) is 44.8. The number of hydrogen-bond acceptors (Lipinski definition) is 10. The quantitative estimate of drug-likeness (QED) is 0.242. The number of rotatable bonds is 5. The van der Waals surface area contributed by atoms with Crippen LogP contribution >= 0.6 is 0 Å². The molecule has 2 heterocycles. The molecule has 2 aliphatic heterocycles. The van der Waals surface area contributed by atoms with Gasteiger partial charge in [0.2, 0.25) is 0 Å². The van der Waals surface area contributed by atoms with Gasteiger partial charge in [-0.25, -0.2) is 4.79 Å². The number of epoxide rings is 1. The first kappa shape index (κ1) is 28.3. The largest absolute Gasteiger partial charge is 0.462 e. The molecule has 0 radical (unpaired) electrons. The van der Waals surface area contributed by atoms with Crippen molar-refractivity contribution in [2.24, 2.45) is 11.3 Å². The van der Waals surface area contributed by atoms with Crippen LogP contribution in [-0.4, -0.2) is 70.2 Å². The summed E-state index contributed by atoms with van der Waals surface area (Å²) in [5, 5.41) is 12.2. The highest BCUT2D eigenvalue weighted by atomic mass is 16.7. The van der Waals surface area contributed by atoms with Crippen LogP contribution in [0.2, 0.25) is 0 Å². The van der Waals surface area contributed by atoms with E-state index in [-0.39, 0.29) is 6.42 Å². The molecule has 2 saturated heterocycles. The van der Waals surface area contributed by atoms with Gasteiger partial charge in [-0.3, -0.25) is 14.4 Å². The molecule has 38 heavy (non-hydrogen) atoms. The topological polar surface area (TPSA) is 138 Å². The van der Waals surface area contributed by atoms with Crippen LogP contribution in [0, 0.1) is 11.3 Å². The molecule has 9 atom stereocenters. The van der Waals surface area contributed by atoms with Crippen LogP contribution < -0.4 is 0 Å². The SMILES string of the molecule is CCCC(=O)O[C@@H]1C=C[C@]2(C)[C@H](OC(C)=O)CC/C(C)=C\[C@@H]3OC(=O)[C@]4(C)O[C@]34[C@H](OC(C)=O)[C@H]2[C@@]1(C)O. The Balaban J connectivity index is 1.95. The Bertz CT molecular complexity index is 1090. The molecular formula is C28H38O10. The monoisotopic (exact) mass is 534 g/mol. The van der Waals surface area contributed by atoms with Crippen molar-refractivity contribution in [3.63, 3.8) is 0 Å². The van der Waals surface area contributed by atoms with Gasteiger partial charge in [0, 0.05) is 31.6 Å². The molecular weight excluding hydrogens is 496 g/mol. The first-order valence-electron chi connectivity index (χ1n) is 13.2. The number of aliphatic hydroxyl groups is 1. The molecule has 4 aliphatic rings. The number of carbonyl (C=O) groups excluding carboxylic acids is 4. The van der Waals surface area contributed by atoms with E-state index in [1.807, 2.05) is 13.8 Å². The van der Waals surface area contributed by atoms with Gasteiger partial charge in [-0.05, 0) is 52.2 Å². The lowest BCUT2D eigenvalue weighted by molar-refractivity contribution is -0.219. The standard InChI is InChI=1S/C28H38O10/c1-8-9-21(31)36-19-12-13-25(5)18(34-16(3)29)11-10-15(2)14-20-28(27(7,38-28)24(32)37-20)23(35-17(4)30)22(25)26(19,6)33/h12-14,18-20,22-23,33H,8-11H2,1-7H3/b15-14-/t18-,19-,20+,22-,23-,25-,26+,27+,28+/m1/s1. The summed E-state index contributed by atoms with van der Waals surface area (Å²) in [5.41, 5.74) is -4.97. The lowest BCUT2D eigenvalue weighted by Gasteiger charge is -2.55. The molecule has 0 aromatic carbocycles. The summed E-state index contributed by atoms with van der Waals surface area (Å²) in [6, 6.07) is 0. The van der Waals surface area contributed by atoms with Crippen molar-refractivity contribution in [3.8, 4) is 0 Å². The molecule has 1 spiro atoms. The summed E-state index contributed by atoms with van der Waals surface area (Å²) in [7, 11) is 0. The van der Waals surface area contributed by atoms with Crippen molar-refractivity contribution < 1.29 is 48.0 Å². The van der Waals surface area contributed by atoms with Crippen molar-refractivity contribution in [1.29, 1.82) is 0 Å². The van der Waals surface area contributed by atoms with Gasteiger partial charge in [-0.1, -0.05) is 25.5 Å². The average Bonchev–Trinajstić information content (AvgIpc) is 3.38. The maximum atomic E-state index is 13.0. The molecule has 0 aromatic rings. The zero-order chi connectivity index (χ0) is 28.3. The number of fused-ring (bicyclic) bond motifs is 1. The van der Waals surface area contributed by atoms with Gasteiger partial charge in [0.25, 0.3) is 0 Å². The molecule has 1 N–H and O–H groups in total. The number of ether oxygens (including phenoxy) is 5. The average molecular weight is 535 g/mol. The maximum Gasteiger partial charge on any atom is 0.342 e. The Morgan fingerprint density at radius 1 is 1.11 bits per heavy atom. The van der Waals surface area contributed by atoms with Crippen LogP contribution in [0.5, 0.6) is 0 Å². The van der Waals surface area contributed by atoms with E-state index >= 15 is 0 Å². The van der Waals surface area contributed by atoms with E-state index in [0.29, 0.717) is 19.3 Å². The molecule has 0 unspecified atom stereocenters. The minimum atomic E-state index is -1.83. The van der Waals surface area contributed by atoms with Crippen LogP contribution in [-0.2, 0) is 42.9 Å². The second-order valence-electron chi connectivity index (χ2n) is 11.5. The first-order valence-corrected chi connectivity index (χ1v) is 13.2. The Labute approximate surface area is 222 Å². The van der Waals surface area contributed by atoms with Gasteiger partial charge in [0.1, 0.15) is 23.9 Å². The molecule has 10 nitrogen and oxygen atoms in total. The van der Waals surface area contributed by atoms with E-state index in [9.17, 15) is 24.3 Å². The zero-order valence-electron chi connectivity index (χ0n) is 23.1. The predicted octanol–water partition coefficient (Wildman–Crippen LogP) is 2.70. The van der Waals surface area contributed by atoms with E-state index < -0.39 is 76.4 Å². The van der Waals surface area contributed by atoms with Crippen LogP contribution in [0.4, 0.5) is 0 Å². The van der Waals surface area contributed by atoms with E-state index in [4.69, 9.17) is 23.7 Å². The number of esters is 4. The molecule has 210 valence electrons. The Morgan fingerprint density at radius 3 is 2.34 bits per heavy atom. The van der Waals surface area contributed by atoms with Gasteiger partial charge in [0.15, 0.2) is 17.3 Å². The van der Waals surface area contributed by atoms with Gasteiger partial charge in [0.05, 0.1) is 0 Å². The lowest BCUT2D eigenvalue weighted by atomic mass is 9.55. The number of allylic oxidation sites excluding steroid dienone is 1. The third-order valence-electron chi connectivity index (χ3n) is 8.60. The third kappa shape index (κ3) is 4.25. The van der Waals surface area contributed by atoms with Gasteiger partial charge < -0.3 is 28.8 Å². The highest BCUT2D eigenvalue weighted by Gasteiger charge is 2.87. The van der Waals surface area contributed by atoms with Gasteiger partial charge >= 0.3 is 23.9 Å². The zero-order valence-corrected chi connectivity index (χ0v) is 23.1. The van der Waals surface area contributed by atoms with Gasteiger partial charge in [-0.15, -0.1) is 0 Å². The number of hydrogen-bond donors (Lipinski definition) is 1. The molecule has 10 heteroatoms. The van der Waals surface area contributed by atoms with Crippen molar-refractivity contribution >= 4 is 23.9 Å². The predicted molar refractivity (Wildman–Crippen MR) is 132 cm³/mol. The Kier molecular flexibility index (Phi) is 7.06. The van der Waals surface area contributed by atoms with E-state index in [2.05, 4.69) is 0 Å². The molecule has 0 bridgehead atoms. The van der Waals surface area contributed by atoms with Crippen LogP contribution in [0.15, 0.2) is 23.8 Å². The van der Waals surface area contributed by atoms with Crippen molar-refractivity contribution in [1.82, 2.24) is 0 Å². The second kappa shape index (κ2) is 9.48. The highest BCUT2D eigenvalue weighted by molar-refractivity contribution is 5.89. The fourth-order valence-corrected chi connectivity index (χ4v) is 6.69. The summed E-state index contributed by atoms with van der Waals surface area (Å²) in [5.74, 6) is -3.30.